The molecule has 0 saturated heterocycles. The molecule has 1 unspecified atom stereocenters. The van der Waals surface area contributed by atoms with Crippen LogP contribution in [-0.2, 0) is 18.3 Å². The Kier molecular flexibility index (Phi) is 5.78. The van der Waals surface area contributed by atoms with Crippen molar-refractivity contribution in [1.29, 1.82) is 0 Å². The molecule has 38 heavy (non-hydrogen) atoms. The molecule has 0 radical (unpaired) electrons. The van der Waals surface area contributed by atoms with E-state index >= 15 is 4.39 Å². The number of benzene rings is 2. The highest BCUT2D eigenvalue weighted by Gasteiger charge is 2.59. The van der Waals surface area contributed by atoms with Gasteiger partial charge in [0.05, 0.1) is 6.54 Å². The number of carbonyl (C=O) groups is 2. The number of allylic oxidation sites excluding steroid dienone is 1. The van der Waals surface area contributed by atoms with Crippen molar-refractivity contribution in [3.05, 3.63) is 88.5 Å². The summed E-state index contributed by atoms with van der Waals surface area (Å²) >= 11 is 0. The maximum atomic E-state index is 15.2. The molecule has 1 saturated carbocycles. The summed E-state index contributed by atoms with van der Waals surface area (Å²) in [6.45, 7) is 4.79. The zero-order valence-electron chi connectivity index (χ0n) is 21.7. The fourth-order valence-electron chi connectivity index (χ4n) is 6.26. The van der Waals surface area contributed by atoms with Gasteiger partial charge in [-0.3, -0.25) is 19.3 Å². The normalized spacial score (nSPS) is 19.8. The van der Waals surface area contributed by atoms with Gasteiger partial charge in [-0.2, -0.15) is 5.10 Å². The number of aryl methyl sites for hydroxylation is 1. The van der Waals surface area contributed by atoms with Crippen LogP contribution in [0.2, 0.25) is 0 Å². The van der Waals surface area contributed by atoms with Crippen molar-refractivity contribution in [3.8, 4) is 0 Å². The van der Waals surface area contributed by atoms with E-state index < -0.39 is 17.9 Å². The minimum absolute atomic E-state index is 0.223. The molecule has 7 nitrogen and oxygen atoms in total. The molecule has 2 heterocycles. The van der Waals surface area contributed by atoms with E-state index in [-0.39, 0.29) is 17.1 Å². The first-order valence-electron chi connectivity index (χ1n) is 13.0. The van der Waals surface area contributed by atoms with Gasteiger partial charge in [0.15, 0.2) is 0 Å². The zero-order valence-corrected chi connectivity index (χ0v) is 21.7. The number of hydrogen-bond acceptors (Lipinski definition) is 4. The largest absolute Gasteiger partial charge is 0.338 e. The second-order valence-electron chi connectivity index (χ2n) is 10.7. The Morgan fingerprint density at radius 1 is 1.11 bits per heavy atom. The van der Waals surface area contributed by atoms with Gasteiger partial charge in [-0.05, 0) is 85.1 Å². The molecule has 194 valence electrons. The Bertz CT molecular complexity index is 1510. The second kappa shape index (κ2) is 9.04. The molecule has 3 aliphatic rings. The highest BCUT2D eigenvalue weighted by molar-refractivity contribution is 6.25. The van der Waals surface area contributed by atoms with Gasteiger partial charge in [-0.25, -0.2) is 4.39 Å². The number of hydrogen-bond donors (Lipinski definition) is 2. The van der Waals surface area contributed by atoms with Crippen molar-refractivity contribution in [3.63, 3.8) is 0 Å². The van der Waals surface area contributed by atoms with Crippen LogP contribution in [0.5, 0.6) is 0 Å². The molecule has 2 atom stereocenters. The lowest BCUT2D eigenvalue weighted by atomic mass is 9.82. The van der Waals surface area contributed by atoms with E-state index in [2.05, 4.69) is 27.6 Å². The van der Waals surface area contributed by atoms with E-state index in [1.807, 2.05) is 37.3 Å². The second-order valence-corrected chi connectivity index (χ2v) is 10.7. The average molecular weight is 512 g/mol. The molecule has 2 N–H and O–H groups in total. The number of nitrogens with zero attached hydrogens (tertiary/aromatic N) is 3. The van der Waals surface area contributed by atoms with Gasteiger partial charge in [0.2, 0.25) is 5.91 Å². The summed E-state index contributed by atoms with van der Waals surface area (Å²) in [5.74, 6) is -1.57. The fraction of sp³-hybridized carbons (Fsp3) is 0.333. The average Bonchev–Trinajstić information content (AvgIpc) is 3.20. The van der Waals surface area contributed by atoms with E-state index in [4.69, 9.17) is 0 Å². The number of carbonyl (C=O) groups excluding carboxylic acids is 2. The van der Waals surface area contributed by atoms with Crippen LogP contribution in [0.4, 0.5) is 10.1 Å². The number of rotatable bonds is 6. The standard InChI is InChI=1S/C30H30FN5O2/c1-17-16-32-18(2)24(17)19-7-9-21(10-8-19)34-29(38)27(35-28(37)23-11-14-33-36(23)3)26-25-20(5-4-6-22(25)31)15-30(26)12-13-30/h4-11,14,26-27H,12-13,15-16H2,1-3H3,(H,34,38)(H,35,37)/t26?,27-/m0/s1. The number of amides is 2. The molecule has 1 spiro atoms. The summed E-state index contributed by atoms with van der Waals surface area (Å²) < 4.78 is 16.7. The Hall–Kier alpha value is -4.07. The smallest absolute Gasteiger partial charge is 0.270 e. The van der Waals surface area contributed by atoms with Crippen molar-refractivity contribution in [2.75, 3.05) is 11.9 Å². The molecular formula is C30H30FN5O2. The molecule has 8 heteroatoms. The van der Waals surface area contributed by atoms with E-state index in [0.29, 0.717) is 29.9 Å². The number of halogens is 1. The molecule has 0 bridgehead atoms. The Balaban J connectivity index is 1.32. The minimum atomic E-state index is -0.952. The zero-order chi connectivity index (χ0) is 26.6. The summed E-state index contributed by atoms with van der Waals surface area (Å²) in [5.41, 5.74) is 6.59. The first kappa shape index (κ1) is 24.3. The number of fused-ring (bicyclic) bond motifs is 1. The number of nitrogens with one attached hydrogen (secondary N) is 2. The predicted molar refractivity (Wildman–Crippen MR) is 145 cm³/mol. The summed E-state index contributed by atoms with van der Waals surface area (Å²) in [5, 5.41) is 10.0. The van der Waals surface area contributed by atoms with Crippen molar-refractivity contribution in [1.82, 2.24) is 15.1 Å². The Morgan fingerprint density at radius 3 is 2.50 bits per heavy atom. The van der Waals surface area contributed by atoms with Crippen LogP contribution in [-0.4, -0.2) is 39.9 Å². The van der Waals surface area contributed by atoms with Crippen molar-refractivity contribution in [2.45, 2.75) is 45.1 Å². The molecule has 2 aromatic carbocycles. The fourth-order valence-corrected chi connectivity index (χ4v) is 6.26. The molecule has 3 aromatic rings. The van der Waals surface area contributed by atoms with Crippen LogP contribution in [0.1, 0.15) is 59.8 Å². The first-order chi connectivity index (χ1) is 18.3. The minimum Gasteiger partial charge on any atom is -0.338 e. The SMILES string of the molecule is CC1=NCC(C)=C1c1ccc(NC(=O)[C@@H](NC(=O)c2ccnn2C)C2c3c(F)cccc3CC23CC3)cc1. The van der Waals surface area contributed by atoms with Crippen molar-refractivity contribution in [2.24, 2.45) is 17.5 Å². The number of anilines is 1. The summed E-state index contributed by atoms with van der Waals surface area (Å²) in [7, 11) is 1.67. The summed E-state index contributed by atoms with van der Waals surface area (Å²) in [6, 6.07) is 13.4. The van der Waals surface area contributed by atoms with Crippen LogP contribution in [0.15, 0.2) is 65.3 Å². The van der Waals surface area contributed by atoms with Crippen LogP contribution in [0.3, 0.4) is 0 Å². The summed E-state index contributed by atoms with van der Waals surface area (Å²) in [4.78, 5) is 31.7. The predicted octanol–water partition coefficient (Wildman–Crippen LogP) is 4.66. The molecule has 1 aromatic heterocycles. The number of aromatic nitrogens is 2. The Labute approximate surface area is 220 Å². The van der Waals surface area contributed by atoms with Crippen molar-refractivity contribution < 1.29 is 14.0 Å². The third-order valence-corrected chi connectivity index (χ3v) is 8.29. The van der Waals surface area contributed by atoms with Gasteiger partial charge in [-0.1, -0.05) is 24.3 Å². The van der Waals surface area contributed by atoms with Crippen LogP contribution in [0, 0.1) is 11.2 Å². The lowest BCUT2D eigenvalue weighted by molar-refractivity contribution is -0.118. The summed E-state index contributed by atoms with van der Waals surface area (Å²) in [6.07, 6.45) is 4.02. The van der Waals surface area contributed by atoms with E-state index in [1.165, 1.54) is 22.5 Å². The van der Waals surface area contributed by atoms with Crippen molar-refractivity contribution >= 4 is 28.8 Å². The lowest BCUT2D eigenvalue weighted by Crippen LogP contribution is -2.49. The Morgan fingerprint density at radius 2 is 1.87 bits per heavy atom. The lowest BCUT2D eigenvalue weighted by Gasteiger charge is -2.30. The van der Waals surface area contributed by atoms with Crippen LogP contribution in [0.25, 0.3) is 5.57 Å². The van der Waals surface area contributed by atoms with E-state index in [0.717, 1.165) is 35.3 Å². The molecular weight excluding hydrogens is 481 g/mol. The highest BCUT2D eigenvalue weighted by atomic mass is 19.1. The van der Waals surface area contributed by atoms with Gasteiger partial charge < -0.3 is 10.6 Å². The maximum absolute atomic E-state index is 15.2. The quantitative estimate of drug-likeness (QED) is 0.504. The molecule has 2 aliphatic carbocycles. The van der Waals surface area contributed by atoms with E-state index in [9.17, 15) is 9.59 Å². The molecule has 2 amide bonds. The number of aliphatic imine (C=N–C) groups is 1. The molecule has 1 aliphatic heterocycles. The molecule has 6 rings (SSSR count). The third kappa shape index (κ3) is 4.04. The maximum Gasteiger partial charge on any atom is 0.270 e. The van der Waals surface area contributed by atoms with Crippen LogP contribution < -0.4 is 10.6 Å². The molecule has 1 fully saturated rings. The van der Waals surface area contributed by atoms with Crippen LogP contribution >= 0.6 is 0 Å². The first-order valence-corrected chi connectivity index (χ1v) is 13.0. The highest BCUT2D eigenvalue weighted by Crippen LogP contribution is 2.64. The van der Waals surface area contributed by atoms with Gasteiger partial charge in [0.1, 0.15) is 17.6 Å². The monoisotopic (exact) mass is 511 g/mol. The van der Waals surface area contributed by atoms with Gasteiger partial charge >= 0.3 is 0 Å². The van der Waals surface area contributed by atoms with E-state index in [1.54, 1.807) is 19.2 Å². The van der Waals surface area contributed by atoms with Gasteiger partial charge in [0.25, 0.3) is 5.91 Å². The van der Waals surface area contributed by atoms with Gasteiger partial charge in [-0.15, -0.1) is 0 Å². The van der Waals surface area contributed by atoms with Gasteiger partial charge in [0, 0.05) is 36.1 Å². The third-order valence-electron chi connectivity index (χ3n) is 8.29. The topological polar surface area (TPSA) is 88.4 Å².